The van der Waals surface area contributed by atoms with Crippen LogP contribution < -0.4 is 9.62 Å². The van der Waals surface area contributed by atoms with Crippen molar-refractivity contribution < 1.29 is 26.3 Å². The predicted octanol–water partition coefficient (Wildman–Crippen LogP) is -0.0945. The molecule has 0 saturated carbocycles. The molecule has 0 spiro atoms. The van der Waals surface area contributed by atoms with E-state index in [9.17, 15) is 16.8 Å². The van der Waals surface area contributed by atoms with Gasteiger partial charge in [-0.3, -0.25) is 4.72 Å². The summed E-state index contributed by atoms with van der Waals surface area (Å²) in [5.74, 6) is 0.685. The molecule has 8 nitrogen and oxygen atoms in total. The minimum absolute atomic E-state index is 0.0561. The van der Waals surface area contributed by atoms with E-state index in [-0.39, 0.29) is 22.2 Å². The summed E-state index contributed by atoms with van der Waals surface area (Å²) in [4.78, 5) is 1.27. The molecule has 0 radical (unpaired) electrons. The summed E-state index contributed by atoms with van der Waals surface area (Å²) in [7, 11) is -6.64. The Morgan fingerprint density at radius 3 is 2.31 bits per heavy atom. The van der Waals surface area contributed by atoms with Gasteiger partial charge in [0.25, 0.3) is 10.0 Å². The Morgan fingerprint density at radius 2 is 1.77 bits per heavy atom. The van der Waals surface area contributed by atoms with E-state index in [0.29, 0.717) is 31.0 Å². The van der Waals surface area contributed by atoms with Crippen molar-refractivity contribution in [1.82, 2.24) is 5.16 Å². The van der Waals surface area contributed by atoms with Gasteiger partial charge in [0.05, 0.1) is 24.6 Å². The summed E-state index contributed by atoms with van der Waals surface area (Å²) in [6, 6.07) is 7.10. The maximum atomic E-state index is 12.5. The van der Waals surface area contributed by atoms with Gasteiger partial charge in [-0.1, -0.05) is 17.3 Å². The van der Waals surface area contributed by atoms with E-state index < -0.39 is 19.9 Å². The van der Waals surface area contributed by atoms with Crippen molar-refractivity contribution in [3.63, 3.8) is 0 Å². The first-order chi connectivity index (χ1) is 12.2. The maximum absolute atomic E-state index is 12.5. The van der Waals surface area contributed by atoms with Crippen LogP contribution in [0.25, 0.3) is 0 Å². The molecule has 1 aromatic heterocycles. The fraction of sp³-hybridized carbons (Fsp3) is 0.438. The molecule has 0 bridgehead atoms. The maximum Gasteiger partial charge on any atom is 0.267 e. The smallest absolute Gasteiger partial charge is 0.267 e. The average molecular weight is 401 g/mol. The van der Waals surface area contributed by atoms with Crippen molar-refractivity contribution in [2.45, 2.75) is 25.3 Å². The first-order valence-electron chi connectivity index (χ1n) is 8.25. The van der Waals surface area contributed by atoms with E-state index in [2.05, 4.69) is 9.88 Å². The molecule has 1 aromatic carbocycles. The van der Waals surface area contributed by atoms with Crippen molar-refractivity contribution in [3.8, 4) is 0 Å². The molecule has 10 heteroatoms. The monoisotopic (exact) mass is 400 g/mol. The molecule has 1 fully saturated rings. The van der Waals surface area contributed by atoms with Gasteiger partial charge >= 0.3 is 0 Å². The minimum atomic E-state index is -3.76. The van der Waals surface area contributed by atoms with Crippen LogP contribution >= 0.6 is 0 Å². The zero-order valence-corrected chi connectivity index (χ0v) is 16.3. The van der Waals surface area contributed by atoms with Crippen molar-refractivity contribution in [3.05, 3.63) is 41.3 Å². The fourth-order valence-electron chi connectivity index (χ4n) is 3.05. The Bertz CT molecular complexity index is 962. The van der Waals surface area contributed by atoms with Crippen LogP contribution in [0, 0.1) is 13.8 Å². The summed E-state index contributed by atoms with van der Waals surface area (Å²) >= 11 is 0. The lowest BCUT2D eigenvalue weighted by Gasteiger charge is -2.23. The van der Waals surface area contributed by atoms with Gasteiger partial charge in [-0.15, -0.1) is 0 Å². The molecule has 3 rings (SSSR count). The van der Waals surface area contributed by atoms with E-state index >= 15 is 0 Å². The number of hydrogen-bond donors (Lipinski definition) is 2. The lowest BCUT2D eigenvalue weighted by molar-refractivity contribution is -0.910. The summed E-state index contributed by atoms with van der Waals surface area (Å²) < 4.78 is 55.4. The van der Waals surface area contributed by atoms with Crippen LogP contribution in [0.1, 0.15) is 17.0 Å². The Morgan fingerprint density at radius 1 is 1.15 bits per heavy atom. The van der Waals surface area contributed by atoms with Crippen LogP contribution in [0.5, 0.6) is 0 Å². The van der Waals surface area contributed by atoms with Crippen molar-refractivity contribution in [2.24, 2.45) is 0 Å². The summed E-state index contributed by atoms with van der Waals surface area (Å²) in [6.07, 6.45) is 0. The molecule has 0 amide bonds. The van der Waals surface area contributed by atoms with Gasteiger partial charge < -0.3 is 9.42 Å². The number of sulfonamides is 1. The van der Waals surface area contributed by atoms with Crippen LogP contribution in [0.4, 0.5) is 5.69 Å². The van der Waals surface area contributed by atoms with Gasteiger partial charge in [-0.05, 0) is 26.0 Å². The lowest BCUT2D eigenvalue weighted by Crippen LogP contribution is -3.13. The number of rotatable bonds is 5. The lowest BCUT2D eigenvalue weighted by atomic mass is 10.2. The van der Waals surface area contributed by atoms with Gasteiger partial charge in [-0.2, -0.15) is 0 Å². The number of nitrogens with one attached hydrogen (secondary N) is 2. The van der Waals surface area contributed by atoms with Crippen LogP contribution in [-0.2, 0) is 26.4 Å². The molecular formula is C16H22N3O5S2+. The summed E-state index contributed by atoms with van der Waals surface area (Å²) in [5, 5.41) is 3.67. The van der Waals surface area contributed by atoms with E-state index in [1.807, 2.05) is 12.1 Å². The second kappa shape index (κ2) is 7.01. The standard InChI is InChI=1S/C16H21N3O5S2/c1-12-16(13(2)24-17-12)26(22,23)18-15-5-3-14(4-6-15)11-19-7-9-25(20,21)10-8-19/h3-6,18H,7-11H2,1-2H3/p+1. The third kappa shape index (κ3) is 4.25. The molecule has 2 aromatic rings. The van der Waals surface area contributed by atoms with E-state index in [1.54, 1.807) is 26.0 Å². The fourth-order valence-corrected chi connectivity index (χ4v) is 5.84. The largest absolute Gasteiger partial charge is 0.360 e. The molecule has 1 aliphatic rings. The molecule has 0 unspecified atom stereocenters. The van der Waals surface area contributed by atoms with Crippen molar-refractivity contribution in [2.75, 3.05) is 29.3 Å². The highest BCUT2D eigenvalue weighted by molar-refractivity contribution is 7.92. The number of nitrogens with zero attached hydrogens (tertiary/aromatic N) is 1. The van der Waals surface area contributed by atoms with E-state index in [1.165, 1.54) is 4.90 Å². The average Bonchev–Trinajstić information content (AvgIpc) is 2.90. The third-order valence-corrected chi connectivity index (χ3v) is 7.71. The second-order valence-electron chi connectivity index (χ2n) is 6.53. The van der Waals surface area contributed by atoms with Gasteiger partial charge in [0.1, 0.15) is 12.2 Å². The highest BCUT2D eigenvalue weighted by Crippen LogP contribution is 2.22. The van der Waals surface area contributed by atoms with Crippen LogP contribution in [-0.4, -0.2) is 46.6 Å². The zero-order chi connectivity index (χ0) is 18.9. The van der Waals surface area contributed by atoms with Gasteiger partial charge in [0, 0.05) is 11.3 Å². The number of benzene rings is 1. The molecule has 1 saturated heterocycles. The van der Waals surface area contributed by atoms with Gasteiger partial charge in [-0.25, -0.2) is 16.8 Å². The Hall–Kier alpha value is -1.91. The molecule has 26 heavy (non-hydrogen) atoms. The summed E-state index contributed by atoms with van der Waals surface area (Å²) in [6.45, 7) is 5.05. The number of quaternary nitrogens is 1. The van der Waals surface area contributed by atoms with Crippen molar-refractivity contribution in [1.29, 1.82) is 0 Å². The van der Waals surface area contributed by atoms with Gasteiger partial charge in [0.2, 0.25) is 0 Å². The predicted molar refractivity (Wildman–Crippen MR) is 96.3 cm³/mol. The van der Waals surface area contributed by atoms with Crippen molar-refractivity contribution >= 4 is 25.5 Å². The Labute approximate surface area is 153 Å². The molecule has 0 atom stereocenters. The number of aromatic nitrogens is 1. The highest BCUT2D eigenvalue weighted by atomic mass is 32.2. The topological polar surface area (TPSA) is 111 Å². The van der Waals surface area contributed by atoms with Crippen LogP contribution in [0.3, 0.4) is 0 Å². The first kappa shape index (κ1) is 18.9. The first-order valence-corrected chi connectivity index (χ1v) is 11.6. The number of aryl methyl sites for hydroxylation is 2. The molecule has 142 valence electrons. The SMILES string of the molecule is Cc1noc(C)c1S(=O)(=O)Nc1ccc(C[NH+]2CCS(=O)(=O)CC2)cc1. The minimum Gasteiger partial charge on any atom is -0.360 e. The molecule has 0 aliphatic carbocycles. The van der Waals surface area contributed by atoms with Gasteiger partial charge in [0.15, 0.2) is 20.5 Å². The summed E-state index contributed by atoms with van der Waals surface area (Å²) in [5.41, 5.74) is 1.79. The van der Waals surface area contributed by atoms with Crippen LogP contribution in [0.2, 0.25) is 0 Å². The molecule has 2 N–H and O–H groups in total. The zero-order valence-electron chi connectivity index (χ0n) is 14.6. The molecule has 2 heterocycles. The molecule has 1 aliphatic heterocycles. The second-order valence-corrected chi connectivity index (χ2v) is 10.5. The highest BCUT2D eigenvalue weighted by Gasteiger charge is 2.25. The van der Waals surface area contributed by atoms with E-state index in [0.717, 1.165) is 5.56 Å². The number of sulfone groups is 1. The normalized spacial score (nSPS) is 17.9. The Balaban J connectivity index is 1.67. The third-order valence-electron chi connectivity index (χ3n) is 4.43. The van der Waals surface area contributed by atoms with E-state index in [4.69, 9.17) is 4.52 Å². The number of anilines is 1. The van der Waals surface area contributed by atoms with Crippen LogP contribution in [0.15, 0.2) is 33.7 Å². The quantitative estimate of drug-likeness (QED) is 0.725. The number of hydrogen-bond acceptors (Lipinski definition) is 6. The Kier molecular flexibility index (Phi) is 5.09. The molecular weight excluding hydrogens is 378 g/mol.